The van der Waals surface area contributed by atoms with Crippen molar-refractivity contribution in [3.8, 4) is 0 Å². The number of halogens is 1. The highest BCUT2D eigenvalue weighted by molar-refractivity contribution is 7.98. The van der Waals surface area contributed by atoms with Gasteiger partial charge >= 0.3 is 0 Å². The van der Waals surface area contributed by atoms with Crippen LogP contribution in [0.2, 0.25) is 5.15 Å². The Morgan fingerprint density at radius 2 is 2.23 bits per heavy atom. The first kappa shape index (κ1) is 17.5. The summed E-state index contributed by atoms with van der Waals surface area (Å²) in [6, 6.07) is 2.56. The standard InChI is InChI=1S/C15H23ClN4OS/c1-10(2)20-15-12(8-18-20)6-11(14(16)19-15)7-17-13(4-5-21)9-22-3/h6,8,10,13,17,21H,4-5,7,9H2,1-3H3. The average Bonchev–Trinajstić information content (AvgIpc) is 2.87. The lowest BCUT2D eigenvalue weighted by Crippen LogP contribution is -2.32. The van der Waals surface area contributed by atoms with Crippen LogP contribution in [0.4, 0.5) is 0 Å². The van der Waals surface area contributed by atoms with E-state index >= 15 is 0 Å². The zero-order valence-electron chi connectivity index (χ0n) is 13.2. The van der Waals surface area contributed by atoms with Crippen LogP contribution in [-0.2, 0) is 6.54 Å². The first-order chi connectivity index (χ1) is 10.6. The Bertz CT molecular complexity index is 611. The fourth-order valence-electron chi connectivity index (χ4n) is 2.36. The molecule has 1 atom stereocenters. The molecule has 122 valence electrons. The van der Waals surface area contributed by atoms with Gasteiger partial charge in [-0.1, -0.05) is 11.6 Å². The predicted molar refractivity (Wildman–Crippen MR) is 93.6 cm³/mol. The summed E-state index contributed by atoms with van der Waals surface area (Å²) in [7, 11) is 0. The maximum absolute atomic E-state index is 9.11. The predicted octanol–water partition coefficient (Wildman–Crippen LogP) is 2.87. The van der Waals surface area contributed by atoms with Gasteiger partial charge in [-0.05, 0) is 32.6 Å². The van der Waals surface area contributed by atoms with Crippen molar-refractivity contribution in [1.82, 2.24) is 20.1 Å². The molecule has 2 rings (SSSR count). The monoisotopic (exact) mass is 342 g/mol. The molecular weight excluding hydrogens is 320 g/mol. The van der Waals surface area contributed by atoms with Gasteiger partial charge in [0, 0.05) is 41.9 Å². The van der Waals surface area contributed by atoms with Crippen LogP contribution in [-0.4, -0.2) is 44.5 Å². The van der Waals surface area contributed by atoms with Gasteiger partial charge in [0.1, 0.15) is 5.15 Å². The molecule has 0 aliphatic carbocycles. The summed E-state index contributed by atoms with van der Waals surface area (Å²) in [4.78, 5) is 4.50. The highest BCUT2D eigenvalue weighted by Crippen LogP contribution is 2.22. The van der Waals surface area contributed by atoms with Gasteiger partial charge in [0.2, 0.25) is 0 Å². The minimum Gasteiger partial charge on any atom is -0.396 e. The molecule has 22 heavy (non-hydrogen) atoms. The third-order valence-corrected chi connectivity index (χ3v) is 4.57. The van der Waals surface area contributed by atoms with E-state index in [0.29, 0.717) is 11.7 Å². The molecule has 0 saturated heterocycles. The number of aromatic nitrogens is 3. The SMILES string of the molecule is CSCC(CCO)NCc1cc2cnn(C(C)C)c2nc1Cl. The summed E-state index contributed by atoms with van der Waals surface area (Å²) in [5.41, 5.74) is 1.78. The number of nitrogens with zero attached hydrogens (tertiary/aromatic N) is 3. The summed E-state index contributed by atoms with van der Waals surface area (Å²) in [6.45, 7) is 4.96. The van der Waals surface area contributed by atoms with E-state index in [0.717, 1.165) is 28.8 Å². The molecule has 0 bridgehead atoms. The second kappa shape index (κ2) is 8.15. The van der Waals surface area contributed by atoms with Crippen molar-refractivity contribution < 1.29 is 5.11 Å². The molecule has 0 radical (unpaired) electrons. The molecule has 2 aromatic heterocycles. The summed E-state index contributed by atoms with van der Waals surface area (Å²) >= 11 is 8.09. The molecule has 0 aliphatic heterocycles. The Hall–Kier alpha value is -0.820. The zero-order valence-corrected chi connectivity index (χ0v) is 14.8. The van der Waals surface area contributed by atoms with E-state index in [2.05, 4.69) is 35.5 Å². The molecule has 2 N–H and O–H groups in total. The molecule has 0 fully saturated rings. The number of hydrogen-bond donors (Lipinski definition) is 2. The van der Waals surface area contributed by atoms with Gasteiger partial charge in [-0.25, -0.2) is 9.67 Å². The Labute approximate surface area is 140 Å². The zero-order chi connectivity index (χ0) is 16.1. The van der Waals surface area contributed by atoms with Crippen molar-refractivity contribution in [2.75, 3.05) is 18.6 Å². The van der Waals surface area contributed by atoms with Crippen molar-refractivity contribution in [2.45, 2.75) is 38.9 Å². The van der Waals surface area contributed by atoms with E-state index < -0.39 is 0 Å². The number of rotatable bonds is 8. The molecule has 0 spiro atoms. The minimum atomic E-state index is 0.185. The topological polar surface area (TPSA) is 63.0 Å². The Balaban J connectivity index is 2.16. The van der Waals surface area contributed by atoms with Gasteiger partial charge in [0.05, 0.1) is 6.20 Å². The molecular formula is C15H23ClN4OS. The smallest absolute Gasteiger partial charge is 0.159 e. The number of fused-ring (bicyclic) bond motifs is 1. The summed E-state index contributed by atoms with van der Waals surface area (Å²) in [5, 5.41) is 18.4. The van der Waals surface area contributed by atoms with E-state index in [-0.39, 0.29) is 18.7 Å². The largest absolute Gasteiger partial charge is 0.396 e. The van der Waals surface area contributed by atoms with E-state index in [1.165, 1.54) is 0 Å². The Morgan fingerprint density at radius 3 is 2.86 bits per heavy atom. The van der Waals surface area contributed by atoms with Gasteiger partial charge in [-0.15, -0.1) is 0 Å². The fraction of sp³-hybridized carbons (Fsp3) is 0.600. The summed E-state index contributed by atoms with van der Waals surface area (Å²) in [6.07, 6.45) is 4.63. The molecule has 0 saturated carbocycles. The van der Waals surface area contributed by atoms with Gasteiger partial charge in [-0.3, -0.25) is 0 Å². The van der Waals surface area contributed by atoms with Gasteiger partial charge in [0.25, 0.3) is 0 Å². The summed E-state index contributed by atoms with van der Waals surface area (Å²) in [5.74, 6) is 0.957. The van der Waals surface area contributed by atoms with Crippen LogP contribution in [0.15, 0.2) is 12.3 Å². The molecule has 0 aromatic carbocycles. The van der Waals surface area contributed by atoms with Gasteiger partial charge in [-0.2, -0.15) is 16.9 Å². The molecule has 0 amide bonds. The van der Waals surface area contributed by atoms with Crippen molar-refractivity contribution in [1.29, 1.82) is 0 Å². The van der Waals surface area contributed by atoms with E-state index in [4.69, 9.17) is 16.7 Å². The highest BCUT2D eigenvalue weighted by Gasteiger charge is 2.13. The number of pyridine rings is 1. The van der Waals surface area contributed by atoms with Crippen LogP contribution >= 0.6 is 23.4 Å². The molecule has 2 heterocycles. The number of hydrogen-bond acceptors (Lipinski definition) is 5. The average molecular weight is 343 g/mol. The van der Waals surface area contributed by atoms with Crippen molar-refractivity contribution in [3.63, 3.8) is 0 Å². The van der Waals surface area contributed by atoms with Crippen LogP contribution in [0.1, 0.15) is 31.9 Å². The third-order valence-electron chi connectivity index (χ3n) is 3.51. The lowest BCUT2D eigenvalue weighted by molar-refractivity contribution is 0.270. The number of aliphatic hydroxyl groups is 1. The van der Waals surface area contributed by atoms with Crippen LogP contribution in [0, 0.1) is 0 Å². The molecule has 5 nitrogen and oxygen atoms in total. The third kappa shape index (κ3) is 4.13. The minimum absolute atomic E-state index is 0.185. The second-order valence-electron chi connectivity index (χ2n) is 5.58. The maximum atomic E-state index is 9.11. The lowest BCUT2D eigenvalue weighted by atomic mass is 10.2. The molecule has 2 aromatic rings. The van der Waals surface area contributed by atoms with Crippen molar-refractivity contribution in [3.05, 3.63) is 23.0 Å². The molecule has 1 unspecified atom stereocenters. The van der Waals surface area contributed by atoms with Crippen LogP contribution in [0.3, 0.4) is 0 Å². The number of nitrogens with one attached hydrogen (secondary N) is 1. The van der Waals surface area contributed by atoms with Crippen LogP contribution in [0.25, 0.3) is 11.0 Å². The Kier molecular flexibility index (Phi) is 6.50. The van der Waals surface area contributed by atoms with Crippen LogP contribution in [0.5, 0.6) is 0 Å². The van der Waals surface area contributed by atoms with Crippen molar-refractivity contribution in [2.24, 2.45) is 0 Å². The lowest BCUT2D eigenvalue weighted by Gasteiger charge is -2.17. The molecule has 0 aliphatic rings. The first-order valence-electron chi connectivity index (χ1n) is 7.42. The van der Waals surface area contributed by atoms with E-state index in [1.54, 1.807) is 11.8 Å². The Morgan fingerprint density at radius 1 is 1.45 bits per heavy atom. The summed E-state index contributed by atoms with van der Waals surface area (Å²) < 4.78 is 1.88. The van der Waals surface area contributed by atoms with E-state index in [1.807, 2.05) is 16.9 Å². The number of aliphatic hydroxyl groups excluding tert-OH is 1. The second-order valence-corrected chi connectivity index (χ2v) is 6.85. The fourth-order valence-corrected chi connectivity index (χ4v) is 3.24. The quantitative estimate of drug-likeness (QED) is 0.722. The van der Waals surface area contributed by atoms with Gasteiger partial charge < -0.3 is 10.4 Å². The van der Waals surface area contributed by atoms with Gasteiger partial charge in [0.15, 0.2) is 5.65 Å². The normalized spacial score (nSPS) is 13.2. The first-order valence-corrected chi connectivity index (χ1v) is 9.19. The van der Waals surface area contributed by atoms with Crippen LogP contribution < -0.4 is 5.32 Å². The highest BCUT2D eigenvalue weighted by atomic mass is 35.5. The number of thioether (sulfide) groups is 1. The van der Waals surface area contributed by atoms with Crippen molar-refractivity contribution >= 4 is 34.4 Å². The van der Waals surface area contributed by atoms with E-state index in [9.17, 15) is 0 Å². The maximum Gasteiger partial charge on any atom is 0.159 e. The molecule has 7 heteroatoms.